The second-order valence-electron chi connectivity index (χ2n) is 5.63. The summed E-state index contributed by atoms with van der Waals surface area (Å²) >= 11 is 10.9. The molecule has 0 saturated heterocycles. The fourth-order valence-electron chi connectivity index (χ4n) is 2.26. The first-order valence-electron chi connectivity index (χ1n) is 6.46. The molecule has 22 heavy (non-hydrogen) atoms. The summed E-state index contributed by atoms with van der Waals surface area (Å²) < 4.78 is 11.7. The van der Waals surface area contributed by atoms with Crippen LogP contribution in [0.3, 0.4) is 0 Å². The van der Waals surface area contributed by atoms with Gasteiger partial charge in [-0.15, -0.1) is 23.2 Å². The van der Waals surface area contributed by atoms with Crippen LogP contribution < -0.4 is 5.32 Å². The maximum Gasteiger partial charge on any atom is 0.411 e. The summed E-state index contributed by atoms with van der Waals surface area (Å²) in [4.78, 5) is 18.1. The first kappa shape index (κ1) is 15.7. The summed E-state index contributed by atoms with van der Waals surface area (Å²) in [5, 5.41) is 10.8. The lowest BCUT2D eigenvalue weighted by Crippen LogP contribution is -2.19. The van der Waals surface area contributed by atoms with E-state index >= 15 is 0 Å². The number of aromatic nitrogens is 2. The van der Waals surface area contributed by atoms with Gasteiger partial charge in [-0.2, -0.15) is 0 Å². The Balaban J connectivity index is 1.81. The highest BCUT2D eigenvalue weighted by Gasteiger charge is 2.65. The van der Waals surface area contributed by atoms with Crippen molar-refractivity contribution in [1.29, 1.82) is 0 Å². The SMILES string of the molecule is CC1(C[S+]([O-])c2ccc3[nH]c(NC(=O)O)nc3c2)CC1(Cl)Cl. The number of alkyl halides is 2. The Morgan fingerprint density at radius 3 is 2.86 bits per heavy atom. The first-order chi connectivity index (χ1) is 10.2. The van der Waals surface area contributed by atoms with Gasteiger partial charge in [-0.25, -0.2) is 9.78 Å². The van der Waals surface area contributed by atoms with Crippen molar-refractivity contribution in [3.63, 3.8) is 0 Å². The van der Waals surface area contributed by atoms with Crippen molar-refractivity contribution in [2.75, 3.05) is 11.1 Å². The van der Waals surface area contributed by atoms with Gasteiger partial charge in [0.1, 0.15) is 10.1 Å². The van der Waals surface area contributed by atoms with Crippen LogP contribution >= 0.6 is 23.2 Å². The van der Waals surface area contributed by atoms with Gasteiger partial charge < -0.3 is 14.6 Å². The molecule has 1 aliphatic rings. The Bertz CT molecular complexity index is 751. The van der Waals surface area contributed by atoms with Gasteiger partial charge in [0.15, 0.2) is 4.90 Å². The third kappa shape index (κ3) is 2.86. The minimum absolute atomic E-state index is 0.125. The Hall–Kier alpha value is -1.15. The van der Waals surface area contributed by atoms with E-state index in [1.165, 1.54) is 0 Å². The van der Waals surface area contributed by atoms with Gasteiger partial charge >= 0.3 is 6.09 Å². The third-order valence-electron chi connectivity index (χ3n) is 3.76. The molecule has 1 heterocycles. The van der Waals surface area contributed by atoms with Crippen molar-refractivity contribution < 1.29 is 14.5 Å². The van der Waals surface area contributed by atoms with Gasteiger partial charge in [-0.05, 0) is 29.7 Å². The lowest BCUT2D eigenvalue weighted by Gasteiger charge is -2.16. The second-order valence-corrected chi connectivity index (χ2v) is 8.56. The number of fused-ring (bicyclic) bond motifs is 1. The molecule has 9 heteroatoms. The molecule has 2 atom stereocenters. The molecule has 3 rings (SSSR count). The maximum atomic E-state index is 12.5. The highest BCUT2D eigenvalue weighted by atomic mass is 35.5. The van der Waals surface area contributed by atoms with Gasteiger partial charge in [0, 0.05) is 11.5 Å². The van der Waals surface area contributed by atoms with E-state index in [-0.39, 0.29) is 11.4 Å². The van der Waals surface area contributed by atoms with Crippen LogP contribution in [0.25, 0.3) is 11.0 Å². The number of rotatable bonds is 4. The number of hydrogen-bond acceptors (Lipinski definition) is 3. The third-order valence-corrected chi connectivity index (χ3v) is 6.62. The fourth-order valence-corrected chi connectivity index (χ4v) is 4.70. The topological polar surface area (TPSA) is 101 Å². The highest BCUT2D eigenvalue weighted by Crippen LogP contribution is 2.64. The lowest BCUT2D eigenvalue weighted by molar-refractivity contribution is 0.209. The fraction of sp³-hybridized carbons (Fsp3) is 0.385. The number of carbonyl (C=O) groups is 1. The first-order valence-corrected chi connectivity index (χ1v) is 8.54. The smallest absolute Gasteiger partial charge is 0.411 e. The molecule has 0 bridgehead atoms. The Labute approximate surface area is 139 Å². The number of aromatic amines is 1. The van der Waals surface area contributed by atoms with Crippen LogP contribution in [0.2, 0.25) is 0 Å². The van der Waals surface area contributed by atoms with Gasteiger partial charge in [-0.3, -0.25) is 5.32 Å². The average Bonchev–Trinajstić information content (AvgIpc) is 2.74. The van der Waals surface area contributed by atoms with E-state index in [0.29, 0.717) is 28.1 Å². The molecule has 118 valence electrons. The zero-order valence-electron chi connectivity index (χ0n) is 11.5. The van der Waals surface area contributed by atoms with Gasteiger partial charge in [-0.1, -0.05) is 6.92 Å². The van der Waals surface area contributed by atoms with E-state index in [1.54, 1.807) is 18.2 Å². The number of anilines is 1. The molecular weight excluding hydrogens is 349 g/mol. The van der Waals surface area contributed by atoms with E-state index in [0.717, 1.165) is 0 Å². The number of hydrogen-bond donors (Lipinski definition) is 3. The summed E-state index contributed by atoms with van der Waals surface area (Å²) in [6.45, 7) is 1.91. The Morgan fingerprint density at radius 1 is 1.59 bits per heavy atom. The number of halogens is 2. The summed E-state index contributed by atoms with van der Waals surface area (Å²) in [6, 6.07) is 5.11. The van der Waals surface area contributed by atoms with Crippen LogP contribution in [0.4, 0.5) is 10.7 Å². The number of nitrogens with zero attached hydrogens (tertiary/aromatic N) is 1. The van der Waals surface area contributed by atoms with Crippen molar-refractivity contribution in [1.82, 2.24) is 9.97 Å². The summed E-state index contributed by atoms with van der Waals surface area (Å²) in [5.74, 6) is 0.496. The van der Waals surface area contributed by atoms with E-state index in [1.807, 2.05) is 6.92 Å². The summed E-state index contributed by atoms with van der Waals surface area (Å²) in [6.07, 6.45) is -0.586. The summed E-state index contributed by atoms with van der Waals surface area (Å²) in [5.41, 5.74) is 0.849. The van der Waals surface area contributed by atoms with Crippen LogP contribution in [-0.2, 0) is 11.2 Å². The molecule has 0 radical (unpaired) electrons. The molecule has 1 fully saturated rings. The number of imidazole rings is 1. The van der Waals surface area contributed by atoms with Gasteiger partial charge in [0.05, 0.1) is 11.0 Å². The van der Waals surface area contributed by atoms with Crippen molar-refractivity contribution in [3.05, 3.63) is 18.2 Å². The number of carboxylic acid groups (broad SMARTS) is 1. The molecule has 1 saturated carbocycles. The van der Waals surface area contributed by atoms with E-state index in [2.05, 4.69) is 15.3 Å². The minimum Gasteiger partial charge on any atom is -0.611 e. The predicted molar refractivity (Wildman–Crippen MR) is 86.2 cm³/mol. The summed E-state index contributed by atoms with van der Waals surface area (Å²) in [7, 11) is 0. The van der Waals surface area contributed by atoms with Crippen molar-refractivity contribution in [3.8, 4) is 0 Å². The number of benzene rings is 1. The number of H-pyrrole nitrogens is 1. The molecule has 0 aliphatic heterocycles. The van der Waals surface area contributed by atoms with Crippen molar-refractivity contribution >= 4 is 57.5 Å². The van der Waals surface area contributed by atoms with Gasteiger partial charge in [0.2, 0.25) is 5.95 Å². The van der Waals surface area contributed by atoms with E-state index < -0.39 is 21.6 Å². The van der Waals surface area contributed by atoms with Crippen LogP contribution in [0.5, 0.6) is 0 Å². The second kappa shape index (κ2) is 5.19. The van der Waals surface area contributed by atoms with Gasteiger partial charge in [0.25, 0.3) is 0 Å². The monoisotopic (exact) mass is 361 g/mol. The van der Waals surface area contributed by atoms with Crippen LogP contribution in [-0.4, -0.2) is 35.8 Å². The number of amides is 1. The lowest BCUT2D eigenvalue weighted by atomic mass is 10.2. The molecule has 0 spiro atoms. The average molecular weight is 362 g/mol. The zero-order valence-corrected chi connectivity index (χ0v) is 13.8. The minimum atomic E-state index is -1.25. The number of nitrogens with one attached hydrogen (secondary N) is 2. The Kier molecular flexibility index (Phi) is 3.71. The maximum absolute atomic E-state index is 12.5. The standard InChI is InChI=1S/C13H13Cl2N3O3S/c1-12(5-13(12,14)15)6-22(21)7-2-3-8-9(4-7)17-10(16-8)18-11(19)20/h2-4H,5-6H2,1H3,(H,19,20)(H2,16,17,18). The predicted octanol–water partition coefficient (Wildman–Crippen LogP) is 3.34. The molecule has 2 aromatic rings. The molecular formula is C13H13Cl2N3O3S. The molecule has 3 N–H and O–H groups in total. The van der Waals surface area contributed by atoms with E-state index in [9.17, 15) is 9.35 Å². The van der Waals surface area contributed by atoms with Crippen LogP contribution in [0, 0.1) is 5.41 Å². The molecule has 1 aliphatic carbocycles. The van der Waals surface area contributed by atoms with Crippen LogP contribution in [0.15, 0.2) is 23.1 Å². The molecule has 6 nitrogen and oxygen atoms in total. The molecule has 1 aromatic heterocycles. The molecule has 1 aromatic carbocycles. The highest BCUT2D eigenvalue weighted by molar-refractivity contribution is 7.91. The van der Waals surface area contributed by atoms with Crippen molar-refractivity contribution in [2.45, 2.75) is 22.6 Å². The largest absolute Gasteiger partial charge is 0.611 e. The zero-order chi connectivity index (χ0) is 16.1. The normalized spacial score (nSPS) is 24.2. The van der Waals surface area contributed by atoms with Crippen LogP contribution in [0.1, 0.15) is 13.3 Å². The quantitative estimate of drug-likeness (QED) is 0.573. The molecule has 1 amide bonds. The molecule has 2 unspecified atom stereocenters. The Morgan fingerprint density at radius 2 is 2.27 bits per heavy atom. The van der Waals surface area contributed by atoms with Crippen molar-refractivity contribution in [2.24, 2.45) is 5.41 Å². The van der Waals surface area contributed by atoms with E-state index in [4.69, 9.17) is 28.3 Å².